The molecule has 1 aromatic rings. The molecule has 2 rings (SSSR count). The maximum atomic E-state index is 5.71. The van der Waals surface area contributed by atoms with Crippen LogP contribution in [0.15, 0.2) is 18.5 Å². The lowest BCUT2D eigenvalue weighted by molar-refractivity contribution is 0.0510. The Hall–Kier alpha value is -1.13. The van der Waals surface area contributed by atoms with Gasteiger partial charge in [0.15, 0.2) is 0 Å². The summed E-state index contributed by atoms with van der Waals surface area (Å²) in [6.45, 7) is 5.67. The Bertz CT molecular complexity index is 393. The van der Waals surface area contributed by atoms with Crippen molar-refractivity contribution < 1.29 is 9.47 Å². The molecule has 106 valence electrons. The molecule has 0 radical (unpaired) electrons. The van der Waals surface area contributed by atoms with Crippen LogP contribution in [0.4, 0.5) is 0 Å². The van der Waals surface area contributed by atoms with Gasteiger partial charge in [-0.1, -0.05) is 6.92 Å². The van der Waals surface area contributed by atoms with Crippen LogP contribution < -0.4 is 10.1 Å². The highest BCUT2D eigenvalue weighted by atomic mass is 16.5. The molecule has 1 aliphatic rings. The molecule has 1 fully saturated rings. The molecule has 1 aliphatic carbocycles. The second-order valence-electron chi connectivity index (χ2n) is 4.96. The van der Waals surface area contributed by atoms with Gasteiger partial charge in [0.25, 0.3) is 0 Å². The fraction of sp³-hybridized carbons (Fsp3) is 0.667. The largest absolute Gasteiger partial charge is 0.492 e. The lowest BCUT2D eigenvalue weighted by atomic mass is 9.99. The van der Waals surface area contributed by atoms with Crippen LogP contribution in [-0.4, -0.2) is 31.3 Å². The van der Waals surface area contributed by atoms with Crippen LogP contribution in [0.1, 0.15) is 38.3 Å². The van der Waals surface area contributed by atoms with Gasteiger partial charge in [-0.05, 0) is 43.9 Å². The molecule has 2 atom stereocenters. The van der Waals surface area contributed by atoms with Crippen molar-refractivity contribution in [1.29, 1.82) is 0 Å². The number of nitrogens with one attached hydrogen (secondary N) is 1. The third-order valence-corrected chi connectivity index (χ3v) is 3.52. The van der Waals surface area contributed by atoms with Gasteiger partial charge in [0, 0.05) is 13.3 Å². The smallest absolute Gasteiger partial charge is 0.137 e. The van der Waals surface area contributed by atoms with E-state index in [9.17, 15) is 0 Å². The SMILES string of the molecule is CCNC(c1cncc(OCC)c1)C(OC)C1CC1. The van der Waals surface area contributed by atoms with E-state index in [4.69, 9.17) is 9.47 Å². The van der Waals surface area contributed by atoms with E-state index < -0.39 is 0 Å². The van der Waals surface area contributed by atoms with E-state index in [0.717, 1.165) is 17.9 Å². The summed E-state index contributed by atoms with van der Waals surface area (Å²) in [5.41, 5.74) is 1.14. The summed E-state index contributed by atoms with van der Waals surface area (Å²) < 4.78 is 11.2. The Kier molecular flexibility index (Phi) is 5.16. The summed E-state index contributed by atoms with van der Waals surface area (Å²) in [4.78, 5) is 4.28. The highest BCUT2D eigenvalue weighted by Crippen LogP contribution is 2.40. The predicted molar refractivity (Wildman–Crippen MR) is 75.3 cm³/mol. The Balaban J connectivity index is 2.19. The second kappa shape index (κ2) is 6.87. The summed E-state index contributed by atoms with van der Waals surface area (Å²) in [5, 5.41) is 3.52. The first-order valence-electron chi connectivity index (χ1n) is 7.14. The number of likely N-dealkylation sites (N-methyl/N-ethyl adjacent to an activating group) is 1. The third kappa shape index (κ3) is 3.67. The highest BCUT2D eigenvalue weighted by molar-refractivity contribution is 5.27. The van der Waals surface area contributed by atoms with Crippen LogP contribution >= 0.6 is 0 Å². The molecule has 1 N–H and O–H groups in total. The van der Waals surface area contributed by atoms with Gasteiger partial charge in [0.2, 0.25) is 0 Å². The standard InChI is InChI=1S/C15H24N2O2/c1-4-17-14(15(18-3)11-6-7-11)12-8-13(19-5-2)10-16-9-12/h8-11,14-15,17H,4-7H2,1-3H3. The molecule has 4 nitrogen and oxygen atoms in total. The van der Waals surface area contributed by atoms with Crippen molar-refractivity contribution in [2.24, 2.45) is 5.92 Å². The molecular formula is C15H24N2O2. The Morgan fingerprint density at radius 3 is 2.74 bits per heavy atom. The summed E-state index contributed by atoms with van der Waals surface area (Å²) in [5.74, 6) is 1.50. The minimum Gasteiger partial charge on any atom is -0.492 e. The van der Waals surface area contributed by atoms with Crippen LogP contribution in [0.3, 0.4) is 0 Å². The number of methoxy groups -OCH3 is 1. The average molecular weight is 264 g/mol. The van der Waals surface area contributed by atoms with Gasteiger partial charge < -0.3 is 14.8 Å². The first-order chi connectivity index (χ1) is 9.30. The molecule has 0 bridgehead atoms. The highest BCUT2D eigenvalue weighted by Gasteiger charge is 2.37. The predicted octanol–water partition coefficient (Wildman–Crippen LogP) is 2.56. The number of nitrogens with zero attached hydrogens (tertiary/aromatic N) is 1. The van der Waals surface area contributed by atoms with Gasteiger partial charge >= 0.3 is 0 Å². The number of hydrogen-bond acceptors (Lipinski definition) is 4. The second-order valence-corrected chi connectivity index (χ2v) is 4.96. The summed E-state index contributed by atoms with van der Waals surface area (Å²) in [6.07, 6.45) is 6.41. The van der Waals surface area contributed by atoms with Crippen molar-refractivity contribution in [1.82, 2.24) is 10.3 Å². The Morgan fingerprint density at radius 2 is 2.16 bits per heavy atom. The van der Waals surface area contributed by atoms with Crippen molar-refractivity contribution in [2.45, 2.75) is 38.8 Å². The molecular weight excluding hydrogens is 240 g/mol. The molecule has 2 unspecified atom stereocenters. The van der Waals surface area contributed by atoms with Gasteiger partial charge in [-0.2, -0.15) is 0 Å². The average Bonchev–Trinajstić information content (AvgIpc) is 3.24. The quantitative estimate of drug-likeness (QED) is 0.783. The molecule has 1 saturated carbocycles. The Morgan fingerprint density at radius 1 is 1.37 bits per heavy atom. The number of ether oxygens (including phenoxy) is 2. The summed E-state index contributed by atoms with van der Waals surface area (Å²) in [7, 11) is 1.80. The first kappa shape index (κ1) is 14.3. The molecule has 0 aliphatic heterocycles. The first-order valence-corrected chi connectivity index (χ1v) is 7.14. The fourth-order valence-corrected chi connectivity index (χ4v) is 2.52. The maximum absolute atomic E-state index is 5.71. The van der Waals surface area contributed by atoms with Crippen LogP contribution in [0, 0.1) is 5.92 Å². The Labute approximate surface area is 115 Å². The number of rotatable bonds is 8. The van der Waals surface area contributed by atoms with E-state index >= 15 is 0 Å². The van der Waals surface area contributed by atoms with Crippen molar-refractivity contribution in [3.05, 3.63) is 24.0 Å². The van der Waals surface area contributed by atoms with E-state index in [0.29, 0.717) is 12.5 Å². The zero-order valence-corrected chi connectivity index (χ0v) is 12.1. The topological polar surface area (TPSA) is 43.4 Å². The van der Waals surface area contributed by atoms with Crippen molar-refractivity contribution in [2.75, 3.05) is 20.3 Å². The van der Waals surface area contributed by atoms with Gasteiger partial charge in [-0.3, -0.25) is 4.98 Å². The number of pyridine rings is 1. The number of aromatic nitrogens is 1. The van der Waals surface area contributed by atoms with Crippen molar-refractivity contribution >= 4 is 0 Å². The lowest BCUT2D eigenvalue weighted by Crippen LogP contribution is -2.34. The molecule has 1 aromatic heterocycles. The van der Waals surface area contributed by atoms with Gasteiger partial charge in [-0.25, -0.2) is 0 Å². The number of hydrogen-bond donors (Lipinski definition) is 1. The van der Waals surface area contributed by atoms with Crippen LogP contribution in [0.2, 0.25) is 0 Å². The summed E-state index contributed by atoms with van der Waals surface area (Å²) in [6, 6.07) is 2.26. The zero-order valence-electron chi connectivity index (χ0n) is 12.1. The normalized spacial score (nSPS) is 18.1. The van der Waals surface area contributed by atoms with E-state index in [1.165, 1.54) is 12.8 Å². The van der Waals surface area contributed by atoms with Crippen LogP contribution in [0.5, 0.6) is 5.75 Å². The van der Waals surface area contributed by atoms with Gasteiger partial charge in [0.05, 0.1) is 24.9 Å². The zero-order chi connectivity index (χ0) is 13.7. The third-order valence-electron chi connectivity index (χ3n) is 3.52. The van der Waals surface area contributed by atoms with Crippen LogP contribution in [0.25, 0.3) is 0 Å². The van der Waals surface area contributed by atoms with E-state index in [2.05, 4.69) is 23.3 Å². The monoisotopic (exact) mass is 264 g/mol. The van der Waals surface area contributed by atoms with Gasteiger partial charge in [-0.15, -0.1) is 0 Å². The molecule has 0 amide bonds. The van der Waals surface area contributed by atoms with E-state index in [1.54, 1.807) is 13.3 Å². The molecule has 4 heteroatoms. The fourth-order valence-electron chi connectivity index (χ4n) is 2.52. The lowest BCUT2D eigenvalue weighted by Gasteiger charge is -2.27. The van der Waals surface area contributed by atoms with Crippen molar-refractivity contribution in [3.63, 3.8) is 0 Å². The van der Waals surface area contributed by atoms with Crippen LogP contribution in [-0.2, 0) is 4.74 Å². The molecule has 19 heavy (non-hydrogen) atoms. The maximum Gasteiger partial charge on any atom is 0.137 e. The van der Waals surface area contributed by atoms with Gasteiger partial charge in [0.1, 0.15) is 5.75 Å². The molecule has 1 heterocycles. The molecule has 0 spiro atoms. The summed E-state index contributed by atoms with van der Waals surface area (Å²) >= 11 is 0. The van der Waals surface area contributed by atoms with Crippen molar-refractivity contribution in [3.8, 4) is 5.75 Å². The van der Waals surface area contributed by atoms with E-state index in [-0.39, 0.29) is 12.1 Å². The molecule has 0 saturated heterocycles. The minimum atomic E-state index is 0.190. The molecule has 0 aromatic carbocycles. The minimum absolute atomic E-state index is 0.190. The van der Waals surface area contributed by atoms with E-state index in [1.807, 2.05) is 13.1 Å².